The number of rotatable bonds is 3. The lowest BCUT2D eigenvalue weighted by molar-refractivity contribution is 0.102. The van der Waals surface area contributed by atoms with Crippen LogP contribution in [-0.2, 0) is 0 Å². The molecule has 3 aromatic rings. The van der Waals surface area contributed by atoms with Crippen molar-refractivity contribution in [3.8, 4) is 11.3 Å². The summed E-state index contributed by atoms with van der Waals surface area (Å²) in [6, 6.07) is 16.4. The van der Waals surface area contributed by atoms with Crippen molar-refractivity contribution in [3.05, 3.63) is 65.9 Å². The Kier molecular flexibility index (Phi) is 3.62. The zero-order valence-electron chi connectivity index (χ0n) is 12.0. The molecule has 0 spiro atoms. The monoisotopic (exact) mass is 293 g/mol. The third-order valence-corrected chi connectivity index (χ3v) is 3.31. The van der Waals surface area contributed by atoms with Gasteiger partial charge in [-0.2, -0.15) is 0 Å². The summed E-state index contributed by atoms with van der Waals surface area (Å²) in [7, 11) is 0. The first-order valence-electron chi connectivity index (χ1n) is 6.84. The first kappa shape index (κ1) is 13.9. The first-order chi connectivity index (χ1) is 10.6. The Balaban J connectivity index is 1.93. The van der Waals surface area contributed by atoms with Crippen molar-refractivity contribution in [2.45, 2.75) is 6.92 Å². The Bertz CT molecular complexity index is 793. The molecule has 0 aliphatic heterocycles. The average Bonchev–Trinajstić information content (AvgIpc) is 2.92. The molecule has 22 heavy (non-hydrogen) atoms. The van der Waals surface area contributed by atoms with Gasteiger partial charge in [0.25, 0.3) is 5.91 Å². The average molecular weight is 293 g/mol. The Hall–Kier alpha value is -3.08. The lowest BCUT2D eigenvalue weighted by Gasteiger charge is -2.06. The largest absolute Gasteiger partial charge is 0.399 e. The van der Waals surface area contributed by atoms with Gasteiger partial charge in [-0.15, -0.1) is 0 Å². The van der Waals surface area contributed by atoms with Crippen molar-refractivity contribution >= 4 is 17.3 Å². The standard InChI is InChI=1S/C17H15N3O2/c1-11-15(16(20-22-11)12-5-3-2-4-6-12)17(21)19-14-9-7-13(18)8-10-14/h2-10H,18H2,1H3,(H,19,21). The summed E-state index contributed by atoms with van der Waals surface area (Å²) in [6.07, 6.45) is 0. The fraction of sp³-hybridized carbons (Fsp3) is 0.0588. The summed E-state index contributed by atoms with van der Waals surface area (Å²) in [6.45, 7) is 1.72. The van der Waals surface area contributed by atoms with Crippen molar-refractivity contribution in [1.82, 2.24) is 5.16 Å². The number of anilines is 2. The van der Waals surface area contributed by atoms with Gasteiger partial charge in [-0.25, -0.2) is 0 Å². The van der Waals surface area contributed by atoms with Crippen LogP contribution in [0.25, 0.3) is 11.3 Å². The summed E-state index contributed by atoms with van der Waals surface area (Å²) in [5.74, 6) is 0.217. The molecule has 5 heteroatoms. The minimum atomic E-state index is -0.262. The summed E-state index contributed by atoms with van der Waals surface area (Å²) in [5.41, 5.74) is 8.75. The molecular formula is C17H15N3O2. The fourth-order valence-electron chi connectivity index (χ4n) is 2.19. The minimum Gasteiger partial charge on any atom is -0.399 e. The lowest BCUT2D eigenvalue weighted by Crippen LogP contribution is -2.13. The van der Waals surface area contributed by atoms with Gasteiger partial charge < -0.3 is 15.6 Å². The maximum Gasteiger partial charge on any atom is 0.261 e. The van der Waals surface area contributed by atoms with Gasteiger partial charge in [0, 0.05) is 16.9 Å². The van der Waals surface area contributed by atoms with E-state index < -0.39 is 0 Å². The van der Waals surface area contributed by atoms with Crippen LogP contribution in [0.15, 0.2) is 59.1 Å². The zero-order chi connectivity index (χ0) is 15.5. The highest BCUT2D eigenvalue weighted by atomic mass is 16.5. The molecule has 1 heterocycles. The number of nitrogens with two attached hydrogens (primary N) is 1. The van der Waals surface area contributed by atoms with E-state index in [4.69, 9.17) is 10.3 Å². The fourth-order valence-corrected chi connectivity index (χ4v) is 2.19. The van der Waals surface area contributed by atoms with Crippen molar-refractivity contribution in [2.75, 3.05) is 11.1 Å². The van der Waals surface area contributed by atoms with E-state index in [-0.39, 0.29) is 5.91 Å². The molecule has 0 aliphatic carbocycles. The summed E-state index contributed by atoms with van der Waals surface area (Å²) in [4.78, 5) is 12.5. The number of amides is 1. The Morgan fingerprint density at radius 1 is 1.09 bits per heavy atom. The molecule has 1 aromatic heterocycles. The molecule has 0 unspecified atom stereocenters. The molecule has 0 aliphatic rings. The number of aryl methyl sites for hydroxylation is 1. The van der Waals surface area contributed by atoms with Crippen LogP contribution in [0, 0.1) is 6.92 Å². The van der Waals surface area contributed by atoms with Crippen molar-refractivity contribution in [3.63, 3.8) is 0 Å². The van der Waals surface area contributed by atoms with Gasteiger partial charge in [-0.3, -0.25) is 4.79 Å². The third-order valence-electron chi connectivity index (χ3n) is 3.31. The highest BCUT2D eigenvalue weighted by molar-refractivity contribution is 6.08. The Morgan fingerprint density at radius 3 is 2.45 bits per heavy atom. The van der Waals surface area contributed by atoms with E-state index in [2.05, 4.69) is 10.5 Å². The number of nitrogens with one attached hydrogen (secondary N) is 1. The van der Waals surface area contributed by atoms with Crippen LogP contribution in [0.2, 0.25) is 0 Å². The number of aromatic nitrogens is 1. The maximum atomic E-state index is 12.5. The van der Waals surface area contributed by atoms with Crippen LogP contribution in [0.1, 0.15) is 16.1 Å². The van der Waals surface area contributed by atoms with Crippen LogP contribution < -0.4 is 11.1 Å². The van der Waals surface area contributed by atoms with E-state index in [1.807, 2.05) is 30.3 Å². The summed E-state index contributed by atoms with van der Waals surface area (Å²) < 4.78 is 5.20. The van der Waals surface area contributed by atoms with Gasteiger partial charge in [0.2, 0.25) is 0 Å². The van der Waals surface area contributed by atoms with Crippen LogP contribution in [0.4, 0.5) is 11.4 Å². The van der Waals surface area contributed by atoms with Crippen molar-refractivity contribution in [2.24, 2.45) is 0 Å². The van der Waals surface area contributed by atoms with E-state index >= 15 is 0 Å². The van der Waals surface area contributed by atoms with Crippen LogP contribution in [0.3, 0.4) is 0 Å². The molecule has 0 saturated heterocycles. The van der Waals surface area contributed by atoms with Crippen LogP contribution in [0.5, 0.6) is 0 Å². The first-order valence-corrected chi connectivity index (χ1v) is 6.84. The van der Waals surface area contributed by atoms with Crippen molar-refractivity contribution in [1.29, 1.82) is 0 Å². The maximum absolute atomic E-state index is 12.5. The van der Waals surface area contributed by atoms with Crippen LogP contribution >= 0.6 is 0 Å². The number of nitrogen functional groups attached to an aromatic ring is 1. The number of benzene rings is 2. The quantitative estimate of drug-likeness (QED) is 0.724. The molecule has 0 fully saturated rings. The van der Waals surface area contributed by atoms with Gasteiger partial charge in [0.15, 0.2) is 0 Å². The minimum absolute atomic E-state index is 0.262. The van der Waals surface area contributed by atoms with Crippen molar-refractivity contribution < 1.29 is 9.32 Å². The molecule has 5 nitrogen and oxygen atoms in total. The molecule has 110 valence electrons. The molecular weight excluding hydrogens is 278 g/mol. The number of hydrogen-bond donors (Lipinski definition) is 2. The predicted molar refractivity (Wildman–Crippen MR) is 85.5 cm³/mol. The topological polar surface area (TPSA) is 81.2 Å². The second-order valence-electron chi connectivity index (χ2n) is 4.90. The number of nitrogens with zero attached hydrogens (tertiary/aromatic N) is 1. The van der Waals surface area contributed by atoms with Gasteiger partial charge in [0.1, 0.15) is 17.0 Å². The van der Waals surface area contributed by atoms with E-state index in [0.29, 0.717) is 28.4 Å². The normalized spacial score (nSPS) is 10.4. The number of hydrogen-bond acceptors (Lipinski definition) is 4. The molecule has 2 aromatic carbocycles. The molecule has 0 bridgehead atoms. The lowest BCUT2D eigenvalue weighted by atomic mass is 10.1. The molecule has 3 N–H and O–H groups in total. The van der Waals surface area contributed by atoms with Gasteiger partial charge in [0.05, 0.1) is 0 Å². The van der Waals surface area contributed by atoms with Gasteiger partial charge in [-0.05, 0) is 31.2 Å². The van der Waals surface area contributed by atoms with Gasteiger partial charge >= 0.3 is 0 Å². The molecule has 0 atom stereocenters. The molecule has 3 rings (SSSR count). The Morgan fingerprint density at radius 2 is 1.77 bits per heavy atom. The number of carbonyl (C=O) groups excluding carboxylic acids is 1. The third kappa shape index (κ3) is 2.69. The highest BCUT2D eigenvalue weighted by Crippen LogP contribution is 2.26. The van der Waals surface area contributed by atoms with Crippen LogP contribution in [-0.4, -0.2) is 11.1 Å². The second-order valence-corrected chi connectivity index (χ2v) is 4.90. The van der Waals surface area contributed by atoms with E-state index in [1.54, 1.807) is 31.2 Å². The van der Waals surface area contributed by atoms with E-state index in [0.717, 1.165) is 5.56 Å². The summed E-state index contributed by atoms with van der Waals surface area (Å²) >= 11 is 0. The molecule has 0 saturated carbocycles. The second kappa shape index (κ2) is 5.73. The summed E-state index contributed by atoms with van der Waals surface area (Å²) in [5, 5.41) is 6.83. The van der Waals surface area contributed by atoms with E-state index in [9.17, 15) is 4.79 Å². The Labute approximate surface area is 127 Å². The smallest absolute Gasteiger partial charge is 0.261 e. The number of carbonyl (C=O) groups is 1. The SMILES string of the molecule is Cc1onc(-c2ccccc2)c1C(=O)Nc1ccc(N)cc1. The van der Waals surface area contributed by atoms with Gasteiger partial charge in [-0.1, -0.05) is 35.5 Å². The highest BCUT2D eigenvalue weighted by Gasteiger charge is 2.21. The van der Waals surface area contributed by atoms with E-state index in [1.165, 1.54) is 0 Å². The molecule has 0 radical (unpaired) electrons. The predicted octanol–water partition coefficient (Wildman–Crippen LogP) is 3.48. The molecule has 1 amide bonds. The zero-order valence-corrected chi connectivity index (χ0v) is 12.0.